The van der Waals surface area contributed by atoms with Gasteiger partial charge in [-0.25, -0.2) is 4.72 Å². The first-order valence-corrected chi connectivity index (χ1v) is 7.67. The molecule has 23 heavy (non-hydrogen) atoms. The van der Waals surface area contributed by atoms with Crippen LogP contribution in [-0.2, 0) is 5.66 Å². The van der Waals surface area contributed by atoms with E-state index in [1.165, 1.54) is 24.1 Å². The molecule has 0 radical (unpaired) electrons. The molecule has 0 saturated heterocycles. The smallest absolute Gasteiger partial charge is 0.269 e. The first kappa shape index (κ1) is 15.4. The van der Waals surface area contributed by atoms with Gasteiger partial charge in [0, 0.05) is 23.3 Å². The van der Waals surface area contributed by atoms with E-state index in [4.69, 9.17) is 5.73 Å². The minimum Gasteiger partial charge on any atom is -0.305 e. The van der Waals surface area contributed by atoms with Crippen molar-refractivity contribution < 1.29 is 9.72 Å². The second-order valence-corrected chi connectivity index (χ2v) is 5.73. The highest BCUT2D eigenvalue weighted by Crippen LogP contribution is 2.36. The van der Waals surface area contributed by atoms with Crippen LogP contribution in [0.15, 0.2) is 65.6 Å². The van der Waals surface area contributed by atoms with Gasteiger partial charge in [0.1, 0.15) is 5.66 Å². The number of ketones is 1. The number of Topliss-reactive ketones (excluding diaryl/α,β-unsaturated/α-hetero) is 1. The van der Waals surface area contributed by atoms with E-state index in [1.807, 2.05) is 6.07 Å². The number of benzene rings is 2. The van der Waals surface area contributed by atoms with Crippen LogP contribution in [-0.4, -0.2) is 10.7 Å². The van der Waals surface area contributed by atoms with Gasteiger partial charge in [0.2, 0.25) is 0 Å². The number of non-ortho nitro benzene ring substituents is 1. The van der Waals surface area contributed by atoms with E-state index < -0.39 is 10.6 Å². The van der Waals surface area contributed by atoms with Gasteiger partial charge in [-0.15, -0.1) is 0 Å². The summed E-state index contributed by atoms with van der Waals surface area (Å²) in [4.78, 5) is 23.0. The van der Waals surface area contributed by atoms with Crippen molar-refractivity contribution in [3.8, 4) is 0 Å². The van der Waals surface area contributed by atoms with E-state index in [-0.39, 0.29) is 11.5 Å². The molecule has 3 rings (SSSR count). The predicted octanol–water partition coefficient (Wildman–Crippen LogP) is 2.72. The van der Waals surface area contributed by atoms with Crippen molar-refractivity contribution >= 4 is 23.4 Å². The Kier molecular flexibility index (Phi) is 3.99. The molecule has 3 N–H and O–H groups in total. The van der Waals surface area contributed by atoms with Crippen molar-refractivity contribution in [2.45, 2.75) is 5.66 Å². The van der Waals surface area contributed by atoms with Gasteiger partial charge >= 0.3 is 0 Å². The summed E-state index contributed by atoms with van der Waals surface area (Å²) in [5.74, 6) is -0.177. The van der Waals surface area contributed by atoms with Crippen molar-refractivity contribution in [1.82, 2.24) is 4.72 Å². The summed E-state index contributed by atoms with van der Waals surface area (Å²) in [7, 11) is 0. The summed E-state index contributed by atoms with van der Waals surface area (Å²) in [5.41, 5.74) is 6.72. The highest BCUT2D eigenvalue weighted by atomic mass is 32.2. The van der Waals surface area contributed by atoms with E-state index >= 15 is 0 Å². The van der Waals surface area contributed by atoms with E-state index in [0.29, 0.717) is 16.7 Å². The fourth-order valence-electron chi connectivity index (χ4n) is 2.37. The number of hydrogen-bond acceptors (Lipinski definition) is 6. The van der Waals surface area contributed by atoms with E-state index in [9.17, 15) is 14.9 Å². The molecule has 6 nitrogen and oxygen atoms in total. The Bertz CT molecular complexity index is 790. The average molecular weight is 327 g/mol. The Morgan fingerprint density at radius 3 is 2.39 bits per heavy atom. The quantitative estimate of drug-likeness (QED) is 0.388. The Balaban J connectivity index is 1.96. The molecular weight excluding hydrogens is 314 g/mol. The van der Waals surface area contributed by atoms with Crippen molar-refractivity contribution in [1.29, 1.82) is 0 Å². The largest absolute Gasteiger partial charge is 0.305 e. The molecule has 1 atom stereocenters. The standard InChI is InChI=1S/C16H13N3O3S/c17-16(12-6-8-13(9-7-12)19(21)22)14(10-23-18-16)15(20)11-4-2-1-3-5-11/h1-10,18H,17H2. The summed E-state index contributed by atoms with van der Waals surface area (Å²) >= 11 is 1.23. The Morgan fingerprint density at radius 1 is 1.13 bits per heavy atom. The molecule has 0 aromatic heterocycles. The van der Waals surface area contributed by atoms with Crippen LogP contribution in [0.2, 0.25) is 0 Å². The molecule has 116 valence electrons. The number of carbonyl (C=O) groups is 1. The third-order valence-corrected chi connectivity index (χ3v) is 4.43. The first-order chi connectivity index (χ1) is 11.0. The monoisotopic (exact) mass is 327 g/mol. The number of rotatable bonds is 4. The third kappa shape index (κ3) is 2.77. The molecule has 1 aliphatic heterocycles. The van der Waals surface area contributed by atoms with Crippen LogP contribution in [0.25, 0.3) is 0 Å². The summed E-state index contributed by atoms with van der Waals surface area (Å²) in [6.45, 7) is 0. The zero-order valence-corrected chi connectivity index (χ0v) is 12.7. The van der Waals surface area contributed by atoms with Gasteiger partial charge in [-0.05, 0) is 23.1 Å². The molecule has 1 unspecified atom stereocenters. The normalized spacial score (nSPS) is 20.1. The maximum Gasteiger partial charge on any atom is 0.269 e. The number of nitrogens with one attached hydrogen (secondary N) is 1. The Hall–Kier alpha value is -2.48. The topological polar surface area (TPSA) is 98.3 Å². The number of nitro groups is 1. The van der Waals surface area contributed by atoms with Gasteiger partial charge in [0.25, 0.3) is 5.69 Å². The van der Waals surface area contributed by atoms with Crippen molar-refractivity contribution in [2.24, 2.45) is 5.73 Å². The van der Waals surface area contributed by atoms with Gasteiger partial charge in [-0.3, -0.25) is 14.9 Å². The number of nitrogens with zero attached hydrogens (tertiary/aromatic N) is 1. The minimum absolute atomic E-state index is 0.0251. The maximum absolute atomic E-state index is 12.7. The molecule has 7 heteroatoms. The van der Waals surface area contributed by atoms with Crippen molar-refractivity contribution in [2.75, 3.05) is 0 Å². The summed E-state index contributed by atoms with van der Waals surface area (Å²) in [6, 6.07) is 14.7. The van der Waals surface area contributed by atoms with Crippen LogP contribution in [0.5, 0.6) is 0 Å². The summed E-state index contributed by atoms with van der Waals surface area (Å²) < 4.78 is 3.01. The molecule has 2 aromatic rings. The van der Waals surface area contributed by atoms with Crippen molar-refractivity contribution in [3.05, 3.63) is 86.8 Å². The van der Waals surface area contributed by atoms with Crippen molar-refractivity contribution in [3.63, 3.8) is 0 Å². The van der Waals surface area contributed by atoms with E-state index in [1.54, 1.807) is 41.8 Å². The highest BCUT2D eigenvalue weighted by Gasteiger charge is 2.40. The Labute approximate surface area is 136 Å². The van der Waals surface area contributed by atoms with Gasteiger partial charge < -0.3 is 5.73 Å². The van der Waals surface area contributed by atoms with Crippen LogP contribution in [0, 0.1) is 10.1 Å². The molecule has 2 aromatic carbocycles. The lowest BCUT2D eigenvalue weighted by Crippen LogP contribution is -2.48. The lowest BCUT2D eigenvalue weighted by atomic mass is 9.88. The maximum atomic E-state index is 12.7. The van der Waals surface area contributed by atoms with Crippen LogP contribution >= 0.6 is 11.9 Å². The molecule has 1 aliphatic rings. The van der Waals surface area contributed by atoms with E-state index in [2.05, 4.69) is 4.72 Å². The van der Waals surface area contributed by atoms with Crippen LogP contribution < -0.4 is 10.5 Å². The first-order valence-electron chi connectivity index (χ1n) is 6.79. The zero-order valence-electron chi connectivity index (χ0n) is 11.9. The number of hydrogen-bond donors (Lipinski definition) is 2. The molecule has 0 fully saturated rings. The van der Waals surface area contributed by atoms with Gasteiger partial charge in [0.05, 0.1) is 4.92 Å². The Morgan fingerprint density at radius 2 is 1.78 bits per heavy atom. The molecule has 1 heterocycles. The SMILES string of the molecule is NC1(c2ccc([N+](=O)[O-])cc2)NSC=C1C(=O)c1ccccc1. The molecule has 0 saturated carbocycles. The molecular formula is C16H13N3O3S. The van der Waals surface area contributed by atoms with Crippen LogP contribution in [0.4, 0.5) is 5.69 Å². The third-order valence-electron chi connectivity index (χ3n) is 3.64. The van der Waals surface area contributed by atoms with Gasteiger partial charge in [0.15, 0.2) is 5.78 Å². The molecule has 0 spiro atoms. The highest BCUT2D eigenvalue weighted by molar-refractivity contribution is 8.00. The minimum atomic E-state index is -1.19. The second-order valence-electron chi connectivity index (χ2n) is 5.06. The number of carbonyl (C=O) groups excluding carboxylic acids is 1. The van der Waals surface area contributed by atoms with Crippen LogP contribution in [0.1, 0.15) is 15.9 Å². The summed E-state index contributed by atoms with van der Waals surface area (Å²) in [5, 5.41) is 12.4. The molecule has 0 amide bonds. The fourth-order valence-corrected chi connectivity index (χ4v) is 3.25. The lowest BCUT2D eigenvalue weighted by molar-refractivity contribution is -0.384. The predicted molar refractivity (Wildman–Crippen MR) is 88.5 cm³/mol. The lowest BCUT2D eigenvalue weighted by Gasteiger charge is -2.27. The molecule has 0 aliphatic carbocycles. The van der Waals surface area contributed by atoms with E-state index in [0.717, 1.165) is 0 Å². The molecule has 0 bridgehead atoms. The zero-order chi connectivity index (χ0) is 16.4. The average Bonchev–Trinajstić information content (AvgIpc) is 2.98. The fraction of sp³-hybridized carbons (Fsp3) is 0.0625. The number of nitro benzene ring substituents is 1. The number of nitrogens with two attached hydrogens (primary N) is 1. The van der Waals surface area contributed by atoms with Crippen LogP contribution in [0.3, 0.4) is 0 Å². The summed E-state index contributed by atoms with van der Waals surface area (Å²) in [6.07, 6.45) is 0. The van der Waals surface area contributed by atoms with Gasteiger partial charge in [-0.2, -0.15) is 0 Å². The van der Waals surface area contributed by atoms with Gasteiger partial charge in [-0.1, -0.05) is 42.3 Å². The second kappa shape index (κ2) is 5.96.